The molecular formula is C10H8N2O2S. The van der Waals surface area contributed by atoms with Crippen LogP contribution in [0.3, 0.4) is 0 Å². The van der Waals surface area contributed by atoms with Gasteiger partial charge in [0.05, 0.1) is 5.69 Å². The highest BCUT2D eigenvalue weighted by molar-refractivity contribution is 7.08. The molecule has 0 aromatic carbocycles. The summed E-state index contributed by atoms with van der Waals surface area (Å²) < 4.78 is 0. The number of carboxylic acids is 1. The van der Waals surface area contributed by atoms with Crippen LogP contribution in [-0.2, 0) is 0 Å². The van der Waals surface area contributed by atoms with E-state index in [4.69, 9.17) is 5.11 Å². The zero-order valence-electron chi connectivity index (χ0n) is 7.97. The quantitative estimate of drug-likeness (QED) is 0.842. The molecule has 5 heteroatoms. The van der Waals surface area contributed by atoms with E-state index in [0.29, 0.717) is 11.5 Å². The van der Waals surface area contributed by atoms with E-state index in [9.17, 15) is 4.79 Å². The van der Waals surface area contributed by atoms with Crippen molar-refractivity contribution < 1.29 is 9.90 Å². The van der Waals surface area contributed by atoms with Gasteiger partial charge in [-0.05, 0) is 24.4 Å². The first kappa shape index (κ1) is 9.79. The number of carboxylic acid groups (broad SMARTS) is 1. The lowest BCUT2D eigenvalue weighted by molar-refractivity contribution is 0.0690. The van der Waals surface area contributed by atoms with Crippen molar-refractivity contribution in [2.45, 2.75) is 6.92 Å². The second-order valence-electron chi connectivity index (χ2n) is 3.00. The Labute approximate surface area is 90.3 Å². The maximum absolute atomic E-state index is 10.8. The molecule has 0 radical (unpaired) electrons. The maximum atomic E-state index is 10.8. The molecule has 0 aliphatic carbocycles. The molecule has 0 saturated heterocycles. The number of hydrogen-bond acceptors (Lipinski definition) is 4. The van der Waals surface area contributed by atoms with Crippen LogP contribution < -0.4 is 0 Å². The molecule has 0 aliphatic rings. The highest BCUT2D eigenvalue weighted by Gasteiger charge is 2.09. The molecule has 1 N–H and O–H groups in total. The molecule has 4 nitrogen and oxygen atoms in total. The Kier molecular flexibility index (Phi) is 2.47. The molecule has 0 fully saturated rings. The van der Waals surface area contributed by atoms with E-state index in [-0.39, 0.29) is 5.69 Å². The zero-order valence-corrected chi connectivity index (χ0v) is 8.78. The van der Waals surface area contributed by atoms with E-state index in [1.54, 1.807) is 18.3 Å². The van der Waals surface area contributed by atoms with Crippen molar-refractivity contribution in [2.24, 2.45) is 0 Å². The Morgan fingerprint density at radius 1 is 1.47 bits per heavy atom. The van der Waals surface area contributed by atoms with E-state index < -0.39 is 5.97 Å². The van der Waals surface area contributed by atoms with Crippen LogP contribution in [-0.4, -0.2) is 21.0 Å². The lowest BCUT2D eigenvalue weighted by Gasteiger charge is -2.00. The van der Waals surface area contributed by atoms with Gasteiger partial charge in [0.1, 0.15) is 5.82 Å². The van der Waals surface area contributed by atoms with Gasteiger partial charge in [0.2, 0.25) is 0 Å². The van der Waals surface area contributed by atoms with Crippen molar-refractivity contribution in [1.82, 2.24) is 9.97 Å². The van der Waals surface area contributed by atoms with Gasteiger partial charge in [-0.15, -0.1) is 0 Å². The molecule has 2 rings (SSSR count). The minimum absolute atomic E-state index is 0.0312. The lowest BCUT2D eigenvalue weighted by atomic mass is 10.2. The van der Waals surface area contributed by atoms with Crippen LogP contribution in [0.1, 0.15) is 16.3 Å². The second-order valence-corrected chi connectivity index (χ2v) is 3.78. The summed E-state index contributed by atoms with van der Waals surface area (Å²) in [5, 5.41) is 12.7. The van der Waals surface area contributed by atoms with Crippen LogP contribution in [0, 0.1) is 6.92 Å². The molecule has 15 heavy (non-hydrogen) atoms. The summed E-state index contributed by atoms with van der Waals surface area (Å²) in [6.45, 7) is 1.68. The minimum Gasteiger partial charge on any atom is -0.477 e. The third-order valence-electron chi connectivity index (χ3n) is 1.87. The zero-order chi connectivity index (χ0) is 10.8. The molecule has 0 spiro atoms. The standard InChI is InChI=1S/C10H8N2O2S/c1-6-11-8(7-2-3-15-5-7)4-9(12-6)10(13)14/h2-5H,1H3,(H,13,14). The summed E-state index contributed by atoms with van der Waals surface area (Å²) in [5.41, 5.74) is 1.61. The average molecular weight is 220 g/mol. The Morgan fingerprint density at radius 2 is 2.27 bits per heavy atom. The van der Waals surface area contributed by atoms with E-state index in [2.05, 4.69) is 9.97 Å². The van der Waals surface area contributed by atoms with Crippen molar-refractivity contribution in [3.05, 3.63) is 34.4 Å². The number of thiophene rings is 1. The average Bonchev–Trinajstić information content (AvgIpc) is 2.69. The summed E-state index contributed by atoms with van der Waals surface area (Å²) in [6, 6.07) is 3.38. The van der Waals surface area contributed by atoms with Crippen LogP contribution in [0.15, 0.2) is 22.9 Å². The minimum atomic E-state index is -1.03. The van der Waals surface area contributed by atoms with E-state index in [1.165, 1.54) is 6.07 Å². The summed E-state index contributed by atoms with van der Waals surface area (Å²) in [5.74, 6) is -0.562. The van der Waals surface area contributed by atoms with E-state index in [0.717, 1.165) is 5.56 Å². The number of nitrogens with zero attached hydrogens (tertiary/aromatic N) is 2. The predicted octanol–water partition coefficient (Wildman–Crippen LogP) is 2.21. The Hall–Kier alpha value is -1.75. The molecule has 2 heterocycles. The van der Waals surface area contributed by atoms with Crippen molar-refractivity contribution in [3.8, 4) is 11.3 Å². The molecule has 0 amide bonds. The van der Waals surface area contributed by atoms with Gasteiger partial charge >= 0.3 is 5.97 Å². The van der Waals surface area contributed by atoms with E-state index >= 15 is 0 Å². The van der Waals surface area contributed by atoms with Gasteiger partial charge < -0.3 is 5.11 Å². The lowest BCUT2D eigenvalue weighted by Crippen LogP contribution is -2.03. The van der Waals surface area contributed by atoms with Crippen LogP contribution in [0.2, 0.25) is 0 Å². The van der Waals surface area contributed by atoms with E-state index in [1.807, 2.05) is 16.8 Å². The molecule has 76 valence electrons. The number of aromatic carboxylic acids is 1. The number of hydrogen-bond donors (Lipinski definition) is 1. The molecule has 0 saturated carbocycles. The van der Waals surface area contributed by atoms with Gasteiger partial charge in [-0.3, -0.25) is 0 Å². The molecular weight excluding hydrogens is 212 g/mol. The number of carbonyl (C=O) groups is 1. The third kappa shape index (κ3) is 2.02. The monoisotopic (exact) mass is 220 g/mol. The van der Waals surface area contributed by atoms with Gasteiger partial charge in [0.25, 0.3) is 0 Å². The van der Waals surface area contributed by atoms with Gasteiger partial charge in [-0.25, -0.2) is 14.8 Å². The van der Waals surface area contributed by atoms with Crippen LogP contribution in [0.4, 0.5) is 0 Å². The SMILES string of the molecule is Cc1nc(C(=O)O)cc(-c2ccsc2)n1. The largest absolute Gasteiger partial charge is 0.477 e. The fraction of sp³-hybridized carbons (Fsp3) is 0.100. The summed E-state index contributed by atoms with van der Waals surface area (Å²) in [7, 11) is 0. The van der Waals surface area contributed by atoms with Gasteiger partial charge in [0.15, 0.2) is 5.69 Å². The number of rotatable bonds is 2. The van der Waals surface area contributed by atoms with Crippen molar-refractivity contribution in [3.63, 3.8) is 0 Å². The van der Waals surface area contributed by atoms with Gasteiger partial charge in [-0.1, -0.05) is 0 Å². The summed E-state index contributed by atoms with van der Waals surface area (Å²) in [4.78, 5) is 18.8. The highest BCUT2D eigenvalue weighted by atomic mass is 32.1. The Morgan fingerprint density at radius 3 is 2.87 bits per heavy atom. The fourth-order valence-corrected chi connectivity index (χ4v) is 1.89. The topological polar surface area (TPSA) is 63.1 Å². The van der Waals surface area contributed by atoms with Crippen LogP contribution in [0.25, 0.3) is 11.3 Å². The summed E-state index contributed by atoms with van der Waals surface area (Å²) in [6.07, 6.45) is 0. The Bertz CT molecular complexity index is 494. The normalized spacial score (nSPS) is 10.2. The molecule has 0 aliphatic heterocycles. The van der Waals surface area contributed by atoms with Crippen molar-refractivity contribution in [2.75, 3.05) is 0 Å². The van der Waals surface area contributed by atoms with Gasteiger partial charge in [0, 0.05) is 10.9 Å². The second kappa shape index (κ2) is 3.78. The van der Waals surface area contributed by atoms with Crippen molar-refractivity contribution in [1.29, 1.82) is 0 Å². The fourth-order valence-electron chi connectivity index (χ4n) is 1.24. The Balaban J connectivity index is 2.54. The van der Waals surface area contributed by atoms with Crippen molar-refractivity contribution >= 4 is 17.3 Å². The van der Waals surface area contributed by atoms with Crippen LogP contribution >= 0.6 is 11.3 Å². The first-order valence-corrected chi connectivity index (χ1v) is 5.22. The third-order valence-corrected chi connectivity index (χ3v) is 2.56. The summed E-state index contributed by atoms with van der Waals surface area (Å²) >= 11 is 1.55. The molecule has 2 aromatic heterocycles. The van der Waals surface area contributed by atoms with Crippen LogP contribution in [0.5, 0.6) is 0 Å². The molecule has 0 atom stereocenters. The maximum Gasteiger partial charge on any atom is 0.354 e. The molecule has 0 unspecified atom stereocenters. The number of aromatic nitrogens is 2. The van der Waals surface area contributed by atoms with Gasteiger partial charge in [-0.2, -0.15) is 11.3 Å². The molecule has 2 aromatic rings. The first-order valence-electron chi connectivity index (χ1n) is 4.28. The smallest absolute Gasteiger partial charge is 0.354 e. The first-order chi connectivity index (χ1) is 7.16. The molecule has 0 bridgehead atoms. The highest BCUT2D eigenvalue weighted by Crippen LogP contribution is 2.20. The number of aryl methyl sites for hydroxylation is 1. The predicted molar refractivity (Wildman–Crippen MR) is 57.0 cm³/mol.